The van der Waals surface area contributed by atoms with Crippen LogP contribution in [-0.4, -0.2) is 24.5 Å². The fourth-order valence-corrected chi connectivity index (χ4v) is 1.88. The number of nitrogens with zero attached hydrogens (tertiary/aromatic N) is 1. The molecule has 1 rings (SSSR count). The second-order valence-corrected chi connectivity index (χ2v) is 4.33. The zero-order valence-electron chi connectivity index (χ0n) is 9.18. The predicted octanol–water partition coefficient (Wildman–Crippen LogP) is 3.22. The van der Waals surface area contributed by atoms with Gasteiger partial charge in [-0.1, -0.05) is 11.6 Å². The fourth-order valence-electron chi connectivity index (χ4n) is 1.88. The molecule has 0 atom stereocenters. The molecular formula is C12H23N. The molecule has 0 bridgehead atoms. The van der Waals surface area contributed by atoms with E-state index in [0.717, 1.165) is 0 Å². The van der Waals surface area contributed by atoms with Crippen LogP contribution < -0.4 is 0 Å². The first-order valence-corrected chi connectivity index (χ1v) is 5.65. The van der Waals surface area contributed by atoms with Crippen LogP contribution in [0.15, 0.2) is 11.6 Å². The van der Waals surface area contributed by atoms with Crippen molar-refractivity contribution in [1.29, 1.82) is 0 Å². The van der Waals surface area contributed by atoms with Gasteiger partial charge in [-0.05, 0) is 65.6 Å². The Hall–Kier alpha value is -0.300. The summed E-state index contributed by atoms with van der Waals surface area (Å²) in [6.07, 6.45) is 9.22. The van der Waals surface area contributed by atoms with Crippen molar-refractivity contribution in [2.45, 2.75) is 46.0 Å². The molecule has 1 aliphatic rings. The molecule has 13 heavy (non-hydrogen) atoms. The van der Waals surface area contributed by atoms with Gasteiger partial charge in [-0.2, -0.15) is 0 Å². The molecule has 0 spiro atoms. The lowest BCUT2D eigenvalue weighted by atomic mass is 10.2. The highest BCUT2D eigenvalue weighted by molar-refractivity contribution is 4.92. The number of rotatable bonds is 5. The van der Waals surface area contributed by atoms with E-state index in [0.29, 0.717) is 0 Å². The van der Waals surface area contributed by atoms with E-state index in [4.69, 9.17) is 0 Å². The molecule has 0 saturated carbocycles. The smallest absolute Gasteiger partial charge is 0.00183 e. The SMILES string of the molecule is CC(C)=CCCCCN1CCCC1. The van der Waals surface area contributed by atoms with Crippen LogP contribution in [0.2, 0.25) is 0 Å². The Labute approximate surface area is 82.8 Å². The lowest BCUT2D eigenvalue weighted by Gasteiger charge is -2.13. The molecule has 1 fully saturated rings. The van der Waals surface area contributed by atoms with Gasteiger partial charge in [0.2, 0.25) is 0 Å². The highest BCUT2D eigenvalue weighted by atomic mass is 15.1. The number of unbranched alkanes of at least 4 members (excludes halogenated alkanes) is 2. The Morgan fingerprint density at radius 1 is 1.15 bits per heavy atom. The third kappa shape index (κ3) is 5.09. The topological polar surface area (TPSA) is 3.24 Å². The van der Waals surface area contributed by atoms with Crippen LogP contribution in [0.4, 0.5) is 0 Å². The summed E-state index contributed by atoms with van der Waals surface area (Å²) in [5.74, 6) is 0. The van der Waals surface area contributed by atoms with Crippen LogP contribution in [-0.2, 0) is 0 Å². The Kier molecular flexibility index (Phi) is 5.14. The maximum Gasteiger partial charge on any atom is -0.00183 e. The van der Waals surface area contributed by atoms with Crippen LogP contribution in [0, 0.1) is 0 Å². The summed E-state index contributed by atoms with van der Waals surface area (Å²) in [6.45, 7) is 8.39. The van der Waals surface area contributed by atoms with Crippen LogP contribution in [0.25, 0.3) is 0 Å². The molecule has 0 aromatic carbocycles. The summed E-state index contributed by atoms with van der Waals surface area (Å²) in [7, 11) is 0. The second-order valence-electron chi connectivity index (χ2n) is 4.33. The Bertz CT molecular complexity index is 151. The summed E-state index contributed by atoms with van der Waals surface area (Å²) in [4.78, 5) is 2.60. The van der Waals surface area contributed by atoms with Crippen LogP contribution >= 0.6 is 0 Å². The second kappa shape index (κ2) is 6.20. The highest BCUT2D eigenvalue weighted by Crippen LogP contribution is 2.09. The monoisotopic (exact) mass is 181 g/mol. The first-order chi connectivity index (χ1) is 6.29. The number of hydrogen-bond acceptors (Lipinski definition) is 1. The van der Waals surface area contributed by atoms with Gasteiger partial charge in [0.25, 0.3) is 0 Å². The minimum Gasteiger partial charge on any atom is -0.303 e. The number of hydrogen-bond donors (Lipinski definition) is 0. The van der Waals surface area contributed by atoms with Gasteiger partial charge in [0.1, 0.15) is 0 Å². The highest BCUT2D eigenvalue weighted by Gasteiger charge is 2.09. The molecule has 0 N–H and O–H groups in total. The van der Waals surface area contributed by atoms with Gasteiger partial charge in [0.05, 0.1) is 0 Å². The molecule has 76 valence electrons. The lowest BCUT2D eigenvalue weighted by Crippen LogP contribution is -2.20. The molecule has 1 aliphatic heterocycles. The normalized spacial score (nSPS) is 17.7. The molecule has 1 heteroatoms. The van der Waals surface area contributed by atoms with E-state index in [2.05, 4.69) is 24.8 Å². The van der Waals surface area contributed by atoms with E-state index in [1.165, 1.54) is 57.3 Å². The predicted molar refractivity (Wildman–Crippen MR) is 59.0 cm³/mol. The van der Waals surface area contributed by atoms with Crippen LogP contribution in [0.5, 0.6) is 0 Å². The van der Waals surface area contributed by atoms with Gasteiger partial charge in [0.15, 0.2) is 0 Å². The molecule has 1 saturated heterocycles. The van der Waals surface area contributed by atoms with Crippen LogP contribution in [0.1, 0.15) is 46.0 Å². The number of likely N-dealkylation sites (tertiary alicyclic amines) is 1. The zero-order valence-corrected chi connectivity index (χ0v) is 9.18. The van der Waals surface area contributed by atoms with Crippen molar-refractivity contribution in [3.63, 3.8) is 0 Å². The Morgan fingerprint density at radius 3 is 2.46 bits per heavy atom. The largest absolute Gasteiger partial charge is 0.303 e. The maximum absolute atomic E-state index is 2.60. The van der Waals surface area contributed by atoms with Crippen molar-refractivity contribution >= 4 is 0 Å². The van der Waals surface area contributed by atoms with Crippen molar-refractivity contribution in [3.05, 3.63) is 11.6 Å². The van der Waals surface area contributed by atoms with Crippen molar-refractivity contribution in [3.8, 4) is 0 Å². The van der Waals surface area contributed by atoms with Gasteiger partial charge in [-0.25, -0.2) is 0 Å². The molecule has 1 nitrogen and oxygen atoms in total. The van der Waals surface area contributed by atoms with E-state index >= 15 is 0 Å². The summed E-state index contributed by atoms with van der Waals surface area (Å²) in [6, 6.07) is 0. The molecule has 0 aliphatic carbocycles. The minimum absolute atomic E-state index is 1.27. The average molecular weight is 181 g/mol. The van der Waals surface area contributed by atoms with Crippen molar-refractivity contribution in [2.24, 2.45) is 0 Å². The van der Waals surface area contributed by atoms with Gasteiger partial charge in [-0.3, -0.25) is 0 Å². The Morgan fingerprint density at radius 2 is 1.85 bits per heavy atom. The van der Waals surface area contributed by atoms with Crippen molar-refractivity contribution in [1.82, 2.24) is 4.90 Å². The van der Waals surface area contributed by atoms with E-state index in [1.807, 2.05) is 0 Å². The summed E-state index contributed by atoms with van der Waals surface area (Å²) >= 11 is 0. The first-order valence-electron chi connectivity index (χ1n) is 5.65. The van der Waals surface area contributed by atoms with Crippen LogP contribution in [0.3, 0.4) is 0 Å². The summed E-state index contributed by atoms with van der Waals surface area (Å²) < 4.78 is 0. The van der Waals surface area contributed by atoms with Gasteiger partial charge >= 0.3 is 0 Å². The molecule has 0 unspecified atom stereocenters. The van der Waals surface area contributed by atoms with Gasteiger partial charge < -0.3 is 4.90 Å². The van der Waals surface area contributed by atoms with E-state index in [1.54, 1.807) is 0 Å². The molecule has 0 aromatic heterocycles. The molecule has 0 amide bonds. The van der Waals surface area contributed by atoms with E-state index in [9.17, 15) is 0 Å². The van der Waals surface area contributed by atoms with E-state index in [-0.39, 0.29) is 0 Å². The minimum atomic E-state index is 1.27. The van der Waals surface area contributed by atoms with Gasteiger partial charge in [0, 0.05) is 0 Å². The standard InChI is InChI=1S/C12H23N/c1-12(2)8-4-3-5-9-13-10-6-7-11-13/h8H,3-7,9-11H2,1-2H3. The third-order valence-electron chi connectivity index (χ3n) is 2.68. The molecule has 0 aromatic rings. The first kappa shape index (κ1) is 10.8. The quantitative estimate of drug-likeness (QED) is 0.465. The van der Waals surface area contributed by atoms with Gasteiger partial charge in [-0.15, -0.1) is 0 Å². The van der Waals surface area contributed by atoms with E-state index < -0.39 is 0 Å². The fraction of sp³-hybridized carbons (Fsp3) is 0.833. The zero-order chi connectivity index (χ0) is 9.52. The average Bonchev–Trinajstić information content (AvgIpc) is 2.55. The lowest BCUT2D eigenvalue weighted by molar-refractivity contribution is 0.330. The maximum atomic E-state index is 2.60. The van der Waals surface area contributed by atoms with Crippen molar-refractivity contribution < 1.29 is 0 Å². The third-order valence-corrected chi connectivity index (χ3v) is 2.68. The van der Waals surface area contributed by atoms with Crippen molar-refractivity contribution in [2.75, 3.05) is 19.6 Å². The summed E-state index contributed by atoms with van der Waals surface area (Å²) in [5.41, 5.74) is 1.46. The molecule has 0 radical (unpaired) electrons. The number of allylic oxidation sites excluding steroid dienone is 2. The molecule has 1 heterocycles. The summed E-state index contributed by atoms with van der Waals surface area (Å²) in [5, 5.41) is 0. The molecular weight excluding hydrogens is 158 g/mol. The Balaban J connectivity index is 1.91.